The summed E-state index contributed by atoms with van der Waals surface area (Å²) in [6.07, 6.45) is 0.0215. The van der Waals surface area contributed by atoms with Crippen LogP contribution in [0, 0.1) is 0 Å². The van der Waals surface area contributed by atoms with Gasteiger partial charge in [0.05, 0.1) is 6.61 Å². The predicted molar refractivity (Wildman–Crippen MR) is 68.8 cm³/mol. The molecule has 1 saturated heterocycles. The summed E-state index contributed by atoms with van der Waals surface area (Å²) in [4.78, 5) is 0. The molecular weight excluding hydrogens is 259 g/mol. The van der Waals surface area contributed by atoms with Crippen molar-refractivity contribution in [1.82, 2.24) is 0 Å². The van der Waals surface area contributed by atoms with Crippen LogP contribution in [0.25, 0.3) is 0 Å². The first-order chi connectivity index (χ1) is 8.34. The van der Waals surface area contributed by atoms with E-state index >= 15 is 0 Å². The van der Waals surface area contributed by atoms with Gasteiger partial charge < -0.3 is 19.3 Å². The highest BCUT2D eigenvalue weighted by Gasteiger charge is 2.40. The zero-order valence-electron chi connectivity index (χ0n) is 10.5. The summed E-state index contributed by atoms with van der Waals surface area (Å²) in [5.41, 5.74) is 0. The molecule has 0 amide bonds. The van der Waals surface area contributed by atoms with Gasteiger partial charge in [-0.2, -0.15) is 0 Å². The quantitative estimate of drug-likeness (QED) is 0.444. The van der Waals surface area contributed by atoms with Crippen LogP contribution in [0.2, 0.25) is 0 Å². The van der Waals surface area contributed by atoms with Gasteiger partial charge in [0.1, 0.15) is 18.0 Å². The van der Waals surface area contributed by atoms with Crippen LogP contribution in [0.5, 0.6) is 0 Å². The average Bonchev–Trinajstić information content (AvgIpc) is 2.57. The van der Waals surface area contributed by atoms with Gasteiger partial charge in [0.25, 0.3) is 0 Å². The molecule has 4 atom stereocenters. The second kappa shape index (κ2) is 6.56. The number of halogens is 1. The van der Waals surface area contributed by atoms with E-state index in [1.54, 1.807) is 19.1 Å². The molecule has 0 aromatic heterocycles. The minimum atomic E-state index is -1.98. The van der Waals surface area contributed by atoms with Gasteiger partial charge in [-0.15, -0.1) is 12.6 Å². The van der Waals surface area contributed by atoms with Crippen molar-refractivity contribution in [2.45, 2.75) is 44.0 Å². The third-order valence-corrected chi connectivity index (χ3v) is 2.62. The Morgan fingerprint density at radius 2 is 2.44 bits per heavy atom. The van der Waals surface area contributed by atoms with Crippen LogP contribution in [-0.2, 0) is 14.2 Å². The highest BCUT2D eigenvalue weighted by atomic mass is 32.1. The van der Waals surface area contributed by atoms with Crippen LogP contribution in [0.4, 0.5) is 4.39 Å². The van der Waals surface area contributed by atoms with Crippen molar-refractivity contribution in [3.8, 4) is 0 Å². The molecule has 104 valence electrons. The van der Waals surface area contributed by atoms with E-state index in [2.05, 4.69) is 19.2 Å². The van der Waals surface area contributed by atoms with E-state index in [4.69, 9.17) is 19.3 Å². The van der Waals surface area contributed by atoms with E-state index in [0.29, 0.717) is 5.76 Å². The Kier molecular flexibility index (Phi) is 5.65. The maximum atomic E-state index is 12.7. The largest absolute Gasteiger partial charge is 0.488 e. The lowest BCUT2D eigenvalue weighted by Crippen LogP contribution is -2.34. The first kappa shape index (κ1) is 15.5. The van der Waals surface area contributed by atoms with Gasteiger partial charge in [0, 0.05) is 6.42 Å². The number of aliphatic hydroxyl groups excluding tert-OH is 1. The van der Waals surface area contributed by atoms with Gasteiger partial charge in [0.15, 0.2) is 6.36 Å². The first-order valence-corrected chi connectivity index (χ1v) is 6.13. The molecule has 18 heavy (non-hydrogen) atoms. The second-order valence-corrected chi connectivity index (χ2v) is 4.97. The van der Waals surface area contributed by atoms with E-state index < -0.39 is 23.7 Å². The third kappa shape index (κ3) is 4.97. The smallest absolute Gasteiger partial charge is 0.212 e. The Bertz CT molecular complexity index is 317. The Labute approximate surface area is 112 Å². The standard InChI is InChI=1S/C12H19FO4S/c1-4-5-8(2)16-9(6-11(13)14)10-7-15-12(3,18)17-10/h4-5,9-11,14,18H,2,6-7H2,1,3H3/b5-4-/t9-,10-,11?,12?/m0/s1. The Hall–Kier alpha value is -0.560. The number of rotatable bonds is 6. The molecule has 1 heterocycles. The Morgan fingerprint density at radius 1 is 1.78 bits per heavy atom. The van der Waals surface area contributed by atoms with Gasteiger partial charge in [0.2, 0.25) is 5.12 Å². The van der Waals surface area contributed by atoms with Crippen LogP contribution in [-0.4, -0.2) is 35.4 Å². The number of aliphatic hydroxyl groups is 1. The van der Waals surface area contributed by atoms with Crippen molar-refractivity contribution in [2.24, 2.45) is 0 Å². The fraction of sp³-hybridized carbons (Fsp3) is 0.667. The number of hydrogen-bond donors (Lipinski definition) is 2. The highest BCUT2D eigenvalue weighted by Crippen LogP contribution is 2.31. The Balaban J connectivity index is 2.64. The zero-order valence-corrected chi connectivity index (χ0v) is 11.4. The molecule has 2 unspecified atom stereocenters. The Morgan fingerprint density at radius 3 is 2.89 bits per heavy atom. The lowest BCUT2D eigenvalue weighted by Gasteiger charge is -2.25. The SMILES string of the molecule is C=C(/C=C\C)O[C@@H](CC(O)F)[C@@H]1COC(C)(S)O1. The molecule has 0 aliphatic carbocycles. The van der Waals surface area contributed by atoms with E-state index in [9.17, 15) is 4.39 Å². The second-order valence-electron chi connectivity index (χ2n) is 4.16. The van der Waals surface area contributed by atoms with E-state index in [1.165, 1.54) is 0 Å². The van der Waals surface area contributed by atoms with Gasteiger partial charge >= 0.3 is 0 Å². The number of alkyl halides is 1. The van der Waals surface area contributed by atoms with Gasteiger partial charge in [-0.3, -0.25) is 0 Å². The van der Waals surface area contributed by atoms with Crippen molar-refractivity contribution < 1.29 is 23.7 Å². The lowest BCUT2D eigenvalue weighted by molar-refractivity contribution is -0.110. The topological polar surface area (TPSA) is 47.9 Å². The number of ether oxygens (including phenoxy) is 3. The molecule has 4 nitrogen and oxygen atoms in total. The van der Waals surface area contributed by atoms with Crippen molar-refractivity contribution in [3.05, 3.63) is 24.5 Å². The summed E-state index contributed by atoms with van der Waals surface area (Å²) in [7, 11) is 0. The summed E-state index contributed by atoms with van der Waals surface area (Å²) in [5, 5.41) is 7.83. The van der Waals surface area contributed by atoms with E-state index in [1.807, 2.05) is 6.92 Å². The van der Waals surface area contributed by atoms with Gasteiger partial charge in [-0.25, -0.2) is 4.39 Å². The van der Waals surface area contributed by atoms with E-state index in [0.717, 1.165) is 0 Å². The fourth-order valence-corrected chi connectivity index (χ4v) is 1.87. The maximum Gasteiger partial charge on any atom is 0.212 e. The molecule has 0 radical (unpaired) electrons. The molecule has 1 N–H and O–H groups in total. The molecular formula is C12H19FO4S. The van der Waals surface area contributed by atoms with Crippen LogP contribution in [0.15, 0.2) is 24.5 Å². The molecule has 0 spiro atoms. The van der Waals surface area contributed by atoms with Crippen LogP contribution in [0.3, 0.4) is 0 Å². The molecule has 1 rings (SSSR count). The lowest BCUT2D eigenvalue weighted by atomic mass is 10.1. The van der Waals surface area contributed by atoms with Gasteiger partial charge in [-0.1, -0.05) is 12.7 Å². The molecule has 1 aliphatic heterocycles. The van der Waals surface area contributed by atoms with E-state index in [-0.39, 0.29) is 13.0 Å². The van der Waals surface area contributed by atoms with Gasteiger partial charge in [-0.05, 0) is 19.9 Å². The summed E-state index contributed by atoms with van der Waals surface area (Å²) < 4.78 is 28.9. The molecule has 1 fully saturated rings. The predicted octanol–water partition coefficient (Wildman–Crippen LogP) is 2.16. The summed E-state index contributed by atoms with van der Waals surface area (Å²) in [6.45, 7) is 7.35. The maximum absolute atomic E-state index is 12.7. The molecule has 0 aromatic carbocycles. The minimum absolute atomic E-state index is 0.214. The number of thiol groups is 1. The normalized spacial score (nSPS) is 31.5. The van der Waals surface area contributed by atoms with Crippen LogP contribution < -0.4 is 0 Å². The molecule has 0 saturated carbocycles. The van der Waals surface area contributed by atoms with Crippen LogP contribution >= 0.6 is 12.6 Å². The molecule has 0 aromatic rings. The monoisotopic (exact) mass is 278 g/mol. The fourth-order valence-electron chi connectivity index (χ4n) is 1.66. The van der Waals surface area contributed by atoms with Crippen LogP contribution in [0.1, 0.15) is 20.3 Å². The third-order valence-electron chi connectivity index (χ3n) is 2.38. The van der Waals surface area contributed by atoms with Crippen molar-refractivity contribution in [3.63, 3.8) is 0 Å². The molecule has 0 bridgehead atoms. The van der Waals surface area contributed by atoms with Crippen molar-refractivity contribution >= 4 is 12.6 Å². The minimum Gasteiger partial charge on any atom is -0.488 e. The zero-order chi connectivity index (χ0) is 13.8. The summed E-state index contributed by atoms with van der Waals surface area (Å²) in [6, 6.07) is 0. The highest BCUT2D eigenvalue weighted by molar-refractivity contribution is 7.81. The number of hydrogen-bond acceptors (Lipinski definition) is 5. The summed E-state index contributed by atoms with van der Waals surface area (Å²) in [5.74, 6) is 0.375. The first-order valence-electron chi connectivity index (χ1n) is 5.68. The summed E-state index contributed by atoms with van der Waals surface area (Å²) >= 11 is 4.13. The van der Waals surface area contributed by atoms with Crippen molar-refractivity contribution in [2.75, 3.05) is 6.61 Å². The molecule has 1 aliphatic rings. The molecule has 6 heteroatoms. The number of allylic oxidation sites excluding steroid dienone is 2. The average molecular weight is 278 g/mol. The van der Waals surface area contributed by atoms with Crippen molar-refractivity contribution in [1.29, 1.82) is 0 Å².